The Balaban J connectivity index is 2.19. The van der Waals surface area contributed by atoms with Crippen molar-refractivity contribution in [3.8, 4) is 23.6 Å². The molecule has 1 aliphatic heterocycles. The number of nitrogens with zero attached hydrogens (tertiary/aromatic N) is 4. The molecule has 1 aliphatic rings. The third-order valence-electron chi connectivity index (χ3n) is 3.18. The second-order valence-corrected chi connectivity index (χ2v) is 4.94. The van der Waals surface area contributed by atoms with Gasteiger partial charge in [0.25, 0.3) is 0 Å². The average molecular weight is 333 g/mol. The lowest BCUT2D eigenvalue weighted by atomic mass is 10.1. The van der Waals surface area contributed by atoms with E-state index in [1.807, 2.05) is 6.07 Å². The minimum Gasteiger partial charge on any atom is -0.493 e. The molecule has 0 atom stereocenters. The van der Waals surface area contributed by atoms with Gasteiger partial charge in [0.15, 0.2) is 17.6 Å². The Kier molecular flexibility index (Phi) is 3.58. The van der Waals surface area contributed by atoms with Gasteiger partial charge >= 0.3 is 5.25 Å². The standard InChI is InChI=1S/C14H9ClN4O4/c1-20-11-3-9-10(4-12(11)21-2)18-6-8(5-16)13(9)19-22-14(15,7-17)23-19/h3-4,6H,1-2H3. The van der Waals surface area contributed by atoms with E-state index in [0.717, 1.165) is 5.23 Å². The molecule has 0 saturated carbocycles. The first kappa shape index (κ1) is 15.1. The Morgan fingerprint density at radius 3 is 2.43 bits per heavy atom. The summed E-state index contributed by atoms with van der Waals surface area (Å²) in [7, 11) is 2.99. The highest BCUT2D eigenvalue weighted by molar-refractivity contribution is 6.24. The summed E-state index contributed by atoms with van der Waals surface area (Å²) < 4.78 is 10.5. The zero-order valence-corrected chi connectivity index (χ0v) is 12.8. The van der Waals surface area contributed by atoms with Gasteiger partial charge in [0.2, 0.25) is 0 Å². The maximum atomic E-state index is 9.28. The van der Waals surface area contributed by atoms with Crippen molar-refractivity contribution in [3.63, 3.8) is 0 Å². The monoisotopic (exact) mass is 332 g/mol. The molecule has 8 nitrogen and oxygen atoms in total. The zero-order chi connectivity index (χ0) is 16.6. The van der Waals surface area contributed by atoms with Crippen LogP contribution in [0.3, 0.4) is 0 Å². The SMILES string of the molecule is COc1cc2ncc(C#N)c(N3OC(Cl)(C#N)O3)c2cc1OC. The summed E-state index contributed by atoms with van der Waals surface area (Å²) in [5, 5.41) is 17.6. The van der Waals surface area contributed by atoms with Gasteiger partial charge in [-0.2, -0.15) is 20.2 Å². The normalized spacial score (nSPS) is 15.4. The number of aromatic nitrogens is 1. The highest BCUT2D eigenvalue weighted by atomic mass is 35.5. The lowest BCUT2D eigenvalue weighted by molar-refractivity contribution is -0.347. The van der Waals surface area contributed by atoms with Crippen LogP contribution in [-0.2, 0) is 9.68 Å². The number of ether oxygens (including phenoxy) is 2. The van der Waals surface area contributed by atoms with Crippen LogP contribution in [0.4, 0.5) is 5.69 Å². The molecule has 0 radical (unpaired) electrons. The number of halogens is 1. The minimum atomic E-state index is -1.90. The van der Waals surface area contributed by atoms with E-state index in [9.17, 15) is 5.26 Å². The molecule has 1 aromatic carbocycles. The number of hydrogen-bond acceptors (Lipinski definition) is 8. The molecular weight excluding hydrogens is 324 g/mol. The van der Waals surface area contributed by atoms with Gasteiger partial charge < -0.3 is 9.47 Å². The third kappa shape index (κ3) is 2.35. The fourth-order valence-corrected chi connectivity index (χ4v) is 2.26. The Bertz CT molecular complexity index is 868. The van der Waals surface area contributed by atoms with Crippen LogP contribution in [0.5, 0.6) is 11.5 Å². The first-order valence-electron chi connectivity index (χ1n) is 6.28. The van der Waals surface area contributed by atoms with Crippen LogP contribution in [0.1, 0.15) is 5.56 Å². The predicted molar refractivity (Wildman–Crippen MR) is 78.4 cm³/mol. The van der Waals surface area contributed by atoms with Gasteiger partial charge in [-0.05, 0) is 17.7 Å². The van der Waals surface area contributed by atoms with Gasteiger partial charge in [-0.25, -0.2) is 0 Å². The van der Waals surface area contributed by atoms with E-state index in [-0.39, 0.29) is 11.3 Å². The highest BCUT2D eigenvalue weighted by Gasteiger charge is 2.48. The van der Waals surface area contributed by atoms with Gasteiger partial charge in [0.05, 0.1) is 25.3 Å². The number of benzene rings is 1. The van der Waals surface area contributed by atoms with Crippen LogP contribution in [0.15, 0.2) is 18.3 Å². The molecule has 0 bridgehead atoms. The van der Waals surface area contributed by atoms with Crippen LogP contribution in [-0.4, -0.2) is 24.4 Å². The molecule has 2 aromatic rings. The zero-order valence-electron chi connectivity index (χ0n) is 12.0. The predicted octanol–water partition coefficient (Wildman–Crippen LogP) is 2.22. The molecule has 3 rings (SSSR count). The molecule has 1 aromatic heterocycles. The van der Waals surface area contributed by atoms with Crippen molar-refractivity contribution in [2.45, 2.75) is 5.25 Å². The van der Waals surface area contributed by atoms with Crippen molar-refractivity contribution < 1.29 is 19.1 Å². The van der Waals surface area contributed by atoms with Crippen LogP contribution < -0.4 is 14.7 Å². The van der Waals surface area contributed by atoms with Gasteiger partial charge in [-0.3, -0.25) is 4.98 Å². The molecule has 2 heterocycles. The number of pyridine rings is 1. The second kappa shape index (κ2) is 5.45. The molecule has 0 unspecified atom stereocenters. The van der Waals surface area contributed by atoms with Crippen molar-refractivity contribution in [2.75, 3.05) is 19.4 Å². The quantitative estimate of drug-likeness (QED) is 0.788. The fourth-order valence-electron chi connectivity index (χ4n) is 2.14. The van der Waals surface area contributed by atoms with Crippen molar-refractivity contribution in [1.82, 2.24) is 4.98 Å². The van der Waals surface area contributed by atoms with Gasteiger partial charge in [-0.15, -0.1) is 5.23 Å². The van der Waals surface area contributed by atoms with E-state index in [0.29, 0.717) is 22.4 Å². The molecule has 9 heteroatoms. The van der Waals surface area contributed by atoms with Gasteiger partial charge in [0.1, 0.15) is 11.8 Å². The number of rotatable bonds is 3. The lowest BCUT2D eigenvalue weighted by Gasteiger charge is -2.39. The molecule has 0 spiro atoms. The molecule has 0 aliphatic carbocycles. The Labute approximate surface area is 135 Å². The molecular formula is C14H9ClN4O4. The summed E-state index contributed by atoms with van der Waals surface area (Å²) >= 11 is 5.70. The topological polar surface area (TPSA) is 101 Å². The number of methoxy groups -OCH3 is 2. The van der Waals surface area contributed by atoms with E-state index in [4.69, 9.17) is 36.0 Å². The number of nitriles is 2. The highest BCUT2D eigenvalue weighted by Crippen LogP contribution is 2.42. The van der Waals surface area contributed by atoms with Crippen molar-refractivity contribution in [3.05, 3.63) is 23.9 Å². The Morgan fingerprint density at radius 1 is 1.22 bits per heavy atom. The van der Waals surface area contributed by atoms with Crippen LogP contribution in [0.25, 0.3) is 10.9 Å². The number of fused-ring (bicyclic) bond motifs is 1. The summed E-state index contributed by atoms with van der Waals surface area (Å²) in [6.45, 7) is 0. The summed E-state index contributed by atoms with van der Waals surface area (Å²) in [5.41, 5.74) is 0.972. The van der Waals surface area contributed by atoms with E-state index in [1.54, 1.807) is 18.2 Å². The van der Waals surface area contributed by atoms with Crippen molar-refractivity contribution >= 4 is 28.2 Å². The van der Waals surface area contributed by atoms with Crippen LogP contribution >= 0.6 is 11.6 Å². The summed E-state index contributed by atoms with van der Waals surface area (Å²) in [5.74, 6) is 0.924. The van der Waals surface area contributed by atoms with Crippen molar-refractivity contribution in [2.24, 2.45) is 0 Å². The Morgan fingerprint density at radius 2 is 1.87 bits per heavy atom. The molecule has 0 amide bonds. The Hall–Kier alpha value is -2.78. The minimum absolute atomic E-state index is 0.182. The largest absolute Gasteiger partial charge is 0.493 e. The first-order valence-corrected chi connectivity index (χ1v) is 6.66. The third-order valence-corrected chi connectivity index (χ3v) is 3.40. The molecule has 1 fully saturated rings. The van der Waals surface area contributed by atoms with Gasteiger partial charge in [0, 0.05) is 17.6 Å². The van der Waals surface area contributed by atoms with Crippen molar-refractivity contribution in [1.29, 1.82) is 10.5 Å². The van der Waals surface area contributed by atoms with E-state index < -0.39 is 5.25 Å². The maximum absolute atomic E-state index is 9.28. The van der Waals surface area contributed by atoms with Crippen LogP contribution in [0.2, 0.25) is 0 Å². The summed E-state index contributed by atoms with van der Waals surface area (Å²) in [6, 6.07) is 6.91. The average Bonchev–Trinajstić information content (AvgIpc) is 2.56. The molecule has 116 valence electrons. The summed E-state index contributed by atoms with van der Waals surface area (Å²) in [6.07, 6.45) is 1.36. The number of alkyl halides is 1. The molecule has 1 saturated heterocycles. The van der Waals surface area contributed by atoms with E-state index in [1.165, 1.54) is 20.4 Å². The smallest absolute Gasteiger partial charge is 0.386 e. The van der Waals surface area contributed by atoms with E-state index >= 15 is 0 Å². The van der Waals surface area contributed by atoms with E-state index in [2.05, 4.69) is 4.98 Å². The first-order chi connectivity index (χ1) is 11.0. The molecule has 0 N–H and O–H groups in total. The fraction of sp³-hybridized carbons (Fsp3) is 0.214. The van der Waals surface area contributed by atoms with Crippen LogP contribution in [0, 0.1) is 22.7 Å². The second-order valence-electron chi connectivity index (χ2n) is 4.44. The van der Waals surface area contributed by atoms with Gasteiger partial charge in [-0.1, -0.05) is 0 Å². The summed E-state index contributed by atoms with van der Waals surface area (Å²) in [4.78, 5) is 14.4. The lowest BCUT2D eigenvalue weighted by Crippen LogP contribution is -2.53. The maximum Gasteiger partial charge on any atom is 0.386 e. The molecule has 23 heavy (non-hydrogen) atoms. The number of hydrogen-bond donors (Lipinski definition) is 0. The number of anilines is 1.